The highest BCUT2D eigenvalue weighted by atomic mass is 16.5. The number of anilines is 1. The van der Waals surface area contributed by atoms with E-state index < -0.39 is 29.2 Å². The number of carbonyl (C=O) groups is 2. The molecule has 12 nitrogen and oxygen atoms in total. The predicted molar refractivity (Wildman–Crippen MR) is 136 cm³/mol. The maximum Gasteiger partial charge on any atom is 0.355 e. The van der Waals surface area contributed by atoms with E-state index in [4.69, 9.17) is 15.2 Å². The first-order valence-electron chi connectivity index (χ1n) is 11.3. The molecule has 12 heteroatoms. The van der Waals surface area contributed by atoms with Crippen LogP contribution in [0.15, 0.2) is 86.9 Å². The van der Waals surface area contributed by atoms with Crippen molar-refractivity contribution in [2.75, 3.05) is 19.1 Å². The monoisotopic (exact) mass is 516 g/mol. The van der Waals surface area contributed by atoms with Crippen molar-refractivity contribution >= 4 is 17.6 Å². The molecule has 0 saturated heterocycles. The third-order valence-electron chi connectivity index (χ3n) is 6.34. The number of aromatic nitrogens is 3. The van der Waals surface area contributed by atoms with Gasteiger partial charge < -0.3 is 15.2 Å². The van der Waals surface area contributed by atoms with Gasteiger partial charge in [-0.1, -0.05) is 36.4 Å². The molecule has 38 heavy (non-hydrogen) atoms. The Labute approximate surface area is 216 Å². The topological polar surface area (TPSA) is 155 Å². The van der Waals surface area contributed by atoms with Gasteiger partial charge in [-0.25, -0.2) is 33.1 Å². The minimum Gasteiger partial charge on any atom is -0.466 e. The number of allylic oxidation sites excluding steroid dienone is 1. The van der Waals surface area contributed by atoms with E-state index in [-0.39, 0.29) is 34.0 Å². The second-order valence-electron chi connectivity index (χ2n) is 8.30. The Balaban J connectivity index is 2.05. The molecular formula is C26H24N6O6. The fourth-order valence-electron chi connectivity index (χ4n) is 4.40. The van der Waals surface area contributed by atoms with E-state index in [2.05, 4.69) is 6.07 Å². The van der Waals surface area contributed by atoms with Crippen LogP contribution in [0.5, 0.6) is 0 Å². The molecule has 0 radical (unpaired) electrons. The summed E-state index contributed by atoms with van der Waals surface area (Å²) in [6.07, 6.45) is 0. The lowest BCUT2D eigenvalue weighted by Gasteiger charge is -2.36. The molecule has 0 spiro atoms. The first-order valence-corrected chi connectivity index (χ1v) is 11.3. The largest absolute Gasteiger partial charge is 0.466 e. The summed E-state index contributed by atoms with van der Waals surface area (Å²) < 4.78 is 13.3. The number of methoxy groups -OCH3 is 2. The minimum atomic E-state index is -1.02. The highest BCUT2D eigenvalue weighted by Crippen LogP contribution is 2.43. The number of hydrogen-bond acceptors (Lipinski definition) is 9. The van der Waals surface area contributed by atoms with Crippen molar-refractivity contribution < 1.29 is 19.1 Å². The standard InChI is InChI=1S/C26H24N6O6/c1-29-25(35)32(26(36)30(29)2)17-12-8-11-16(13-17)31-21(24(34)38-4)20(23(33)37-3)19(18(14-27)22(31)28)15-9-6-5-7-10-15/h5-13,19H,28H2,1-4H3. The Hall–Kier alpha value is -5.31. The van der Waals surface area contributed by atoms with Gasteiger partial charge in [0, 0.05) is 19.8 Å². The fourth-order valence-corrected chi connectivity index (χ4v) is 4.40. The van der Waals surface area contributed by atoms with Crippen LogP contribution in [0.4, 0.5) is 5.69 Å². The van der Waals surface area contributed by atoms with Crippen molar-refractivity contribution in [2.24, 2.45) is 19.8 Å². The van der Waals surface area contributed by atoms with Gasteiger partial charge in [-0.15, -0.1) is 0 Å². The number of nitriles is 1. The van der Waals surface area contributed by atoms with E-state index in [0.29, 0.717) is 5.56 Å². The lowest BCUT2D eigenvalue weighted by atomic mass is 9.81. The van der Waals surface area contributed by atoms with Crippen molar-refractivity contribution in [3.63, 3.8) is 0 Å². The highest BCUT2D eigenvalue weighted by molar-refractivity contribution is 6.06. The maximum absolute atomic E-state index is 13.2. The fraction of sp³-hybridized carbons (Fsp3) is 0.192. The lowest BCUT2D eigenvalue weighted by Crippen LogP contribution is -2.40. The van der Waals surface area contributed by atoms with Crippen LogP contribution in [-0.2, 0) is 33.2 Å². The molecule has 0 saturated carbocycles. The van der Waals surface area contributed by atoms with Crippen molar-refractivity contribution in [3.8, 4) is 11.8 Å². The summed E-state index contributed by atoms with van der Waals surface area (Å²) in [6, 6.07) is 16.7. The van der Waals surface area contributed by atoms with Gasteiger partial charge in [-0.2, -0.15) is 5.26 Å². The van der Waals surface area contributed by atoms with E-state index in [1.807, 2.05) is 0 Å². The average molecular weight is 517 g/mol. The zero-order valence-electron chi connectivity index (χ0n) is 21.0. The van der Waals surface area contributed by atoms with Gasteiger partial charge in [-0.05, 0) is 23.8 Å². The van der Waals surface area contributed by atoms with Gasteiger partial charge in [0.2, 0.25) is 0 Å². The van der Waals surface area contributed by atoms with Crippen molar-refractivity contribution in [3.05, 3.63) is 104 Å². The Morgan fingerprint density at radius 1 is 0.895 bits per heavy atom. The molecule has 3 aromatic rings. The summed E-state index contributed by atoms with van der Waals surface area (Å²) in [7, 11) is 5.18. The van der Waals surface area contributed by atoms with E-state index in [9.17, 15) is 24.4 Å². The summed E-state index contributed by atoms with van der Waals surface area (Å²) in [6.45, 7) is 0. The van der Waals surface area contributed by atoms with Crippen LogP contribution < -0.4 is 22.0 Å². The first-order chi connectivity index (χ1) is 18.2. The summed E-state index contributed by atoms with van der Waals surface area (Å²) in [5, 5.41) is 10.2. The quantitative estimate of drug-likeness (QED) is 0.484. The zero-order valence-corrected chi connectivity index (χ0v) is 21.0. The molecule has 2 heterocycles. The highest BCUT2D eigenvalue weighted by Gasteiger charge is 2.43. The van der Waals surface area contributed by atoms with Gasteiger partial charge in [-0.3, -0.25) is 4.90 Å². The Morgan fingerprint density at radius 3 is 2.03 bits per heavy atom. The van der Waals surface area contributed by atoms with Crippen LogP contribution >= 0.6 is 0 Å². The molecule has 0 fully saturated rings. The van der Waals surface area contributed by atoms with Crippen LogP contribution in [-0.4, -0.2) is 40.1 Å². The summed E-state index contributed by atoms with van der Waals surface area (Å²) in [5.41, 5.74) is 5.77. The number of nitrogens with two attached hydrogens (primary N) is 1. The third kappa shape index (κ3) is 3.96. The van der Waals surface area contributed by atoms with E-state index in [1.54, 1.807) is 42.5 Å². The molecule has 0 aliphatic carbocycles. The van der Waals surface area contributed by atoms with E-state index in [0.717, 1.165) is 28.2 Å². The second-order valence-corrected chi connectivity index (χ2v) is 8.30. The molecule has 1 atom stereocenters. The number of rotatable bonds is 5. The van der Waals surface area contributed by atoms with Gasteiger partial charge >= 0.3 is 23.3 Å². The predicted octanol–water partition coefficient (Wildman–Crippen LogP) is 0.772. The number of nitrogens with zero attached hydrogens (tertiary/aromatic N) is 5. The maximum atomic E-state index is 13.2. The average Bonchev–Trinajstić information content (AvgIpc) is 3.13. The molecule has 0 bridgehead atoms. The van der Waals surface area contributed by atoms with Crippen molar-refractivity contribution in [1.29, 1.82) is 5.26 Å². The van der Waals surface area contributed by atoms with E-state index >= 15 is 0 Å². The number of benzene rings is 2. The summed E-state index contributed by atoms with van der Waals surface area (Å²) in [4.78, 5) is 53.0. The van der Waals surface area contributed by atoms with Crippen LogP contribution in [0.3, 0.4) is 0 Å². The first kappa shape index (κ1) is 25.8. The minimum absolute atomic E-state index is 0.0116. The van der Waals surface area contributed by atoms with Crippen LogP contribution in [0.1, 0.15) is 11.5 Å². The summed E-state index contributed by atoms with van der Waals surface area (Å²) in [5.74, 6) is -2.94. The van der Waals surface area contributed by atoms with Crippen molar-refractivity contribution in [2.45, 2.75) is 5.92 Å². The molecule has 2 N–H and O–H groups in total. The molecule has 4 rings (SSSR count). The molecule has 2 aromatic carbocycles. The van der Waals surface area contributed by atoms with Crippen LogP contribution in [0, 0.1) is 11.3 Å². The van der Waals surface area contributed by atoms with Gasteiger partial charge in [0.05, 0.1) is 43.0 Å². The van der Waals surface area contributed by atoms with Gasteiger partial charge in [0.25, 0.3) is 0 Å². The molecule has 194 valence electrons. The van der Waals surface area contributed by atoms with Gasteiger partial charge in [0.15, 0.2) is 0 Å². The number of hydrogen-bond donors (Lipinski definition) is 1. The number of ether oxygens (including phenoxy) is 2. The smallest absolute Gasteiger partial charge is 0.355 e. The molecular weight excluding hydrogens is 492 g/mol. The normalized spacial score (nSPS) is 15.3. The number of esters is 2. The van der Waals surface area contributed by atoms with E-state index in [1.165, 1.54) is 31.1 Å². The number of carbonyl (C=O) groups excluding carboxylic acids is 2. The Bertz CT molecular complexity index is 1630. The SMILES string of the molecule is COC(=O)C1=C(C(=O)OC)N(c2cccc(-n3c(=O)n(C)n(C)c3=O)c2)C(N)=C(C#N)C1c1ccccc1. The molecule has 1 aromatic heterocycles. The lowest BCUT2D eigenvalue weighted by molar-refractivity contribution is -0.139. The van der Waals surface area contributed by atoms with Crippen molar-refractivity contribution in [1.82, 2.24) is 13.9 Å². The molecule has 1 aliphatic rings. The Kier molecular flexibility index (Phi) is 6.77. The summed E-state index contributed by atoms with van der Waals surface area (Å²) >= 11 is 0. The molecule has 0 amide bonds. The molecule has 1 unspecified atom stereocenters. The third-order valence-corrected chi connectivity index (χ3v) is 6.34. The second kappa shape index (κ2) is 9.98. The van der Waals surface area contributed by atoms with Crippen LogP contribution in [0.25, 0.3) is 5.69 Å². The molecule has 1 aliphatic heterocycles. The zero-order chi connectivity index (χ0) is 27.7. The van der Waals surface area contributed by atoms with Gasteiger partial charge in [0.1, 0.15) is 11.5 Å². The Morgan fingerprint density at radius 2 is 1.47 bits per heavy atom. The van der Waals surface area contributed by atoms with Crippen LogP contribution in [0.2, 0.25) is 0 Å².